The molecule has 15 heavy (non-hydrogen) atoms. The molecule has 0 spiro atoms. The van der Waals surface area contributed by atoms with E-state index < -0.39 is 0 Å². The van der Waals surface area contributed by atoms with Gasteiger partial charge in [0.25, 0.3) is 0 Å². The number of aromatic nitrogens is 2. The molecule has 3 heteroatoms. The first-order valence-corrected chi connectivity index (χ1v) is 4.75. The van der Waals surface area contributed by atoms with Crippen LogP contribution in [0.5, 0.6) is 0 Å². The van der Waals surface area contributed by atoms with E-state index in [0.717, 1.165) is 27.5 Å². The zero-order chi connectivity index (χ0) is 10.3. The van der Waals surface area contributed by atoms with Crippen molar-refractivity contribution in [1.82, 2.24) is 10.2 Å². The maximum absolute atomic E-state index is 5.77. The van der Waals surface area contributed by atoms with E-state index in [-0.39, 0.29) is 0 Å². The molecule has 3 aromatic rings. The van der Waals surface area contributed by atoms with Gasteiger partial charge in [0.05, 0.1) is 11.0 Å². The van der Waals surface area contributed by atoms with Gasteiger partial charge >= 0.3 is 0 Å². The van der Waals surface area contributed by atoms with Gasteiger partial charge in [0, 0.05) is 16.5 Å². The summed E-state index contributed by atoms with van der Waals surface area (Å²) >= 11 is 0. The Bertz CT molecular complexity index is 646. The molecule has 3 nitrogen and oxygen atoms in total. The molecule has 72 valence electrons. The minimum absolute atomic E-state index is 0.751. The Labute approximate surface area is 86.5 Å². The molecule has 0 radical (unpaired) electrons. The van der Waals surface area contributed by atoms with Crippen LogP contribution in [0.2, 0.25) is 0 Å². The lowest BCUT2D eigenvalue weighted by Gasteiger charge is -2.02. The number of hydrogen-bond acceptors (Lipinski definition) is 3. The first-order valence-electron chi connectivity index (χ1n) is 4.75. The van der Waals surface area contributed by atoms with Gasteiger partial charge in [0.2, 0.25) is 0 Å². The van der Waals surface area contributed by atoms with E-state index in [9.17, 15) is 0 Å². The smallest absolute Gasteiger partial charge is 0.0937 e. The monoisotopic (exact) mass is 195 g/mol. The second-order valence-electron chi connectivity index (χ2n) is 3.49. The standard InChI is InChI=1S/C12H9N3/c13-8-5-6-12-10(7-8)9-3-1-2-4-11(9)14-15-12/h1-7H,13H2. The predicted octanol–water partition coefficient (Wildman–Crippen LogP) is 2.37. The van der Waals surface area contributed by atoms with E-state index in [4.69, 9.17) is 5.73 Å². The number of nitrogen functional groups attached to an aromatic ring is 1. The highest BCUT2D eigenvalue weighted by molar-refractivity contribution is 6.04. The number of nitrogens with zero attached hydrogens (tertiary/aromatic N) is 2. The zero-order valence-electron chi connectivity index (χ0n) is 8.01. The first kappa shape index (κ1) is 8.17. The maximum atomic E-state index is 5.77. The number of fused-ring (bicyclic) bond motifs is 3. The second kappa shape index (κ2) is 2.92. The Balaban J connectivity index is 2.57. The lowest BCUT2D eigenvalue weighted by Crippen LogP contribution is -1.89. The largest absolute Gasteiger partial charge is 0.399 e. The summed E-state index contributed by atoms with van der Waals surface area (Å²) in [5, 5.41) is 10.4. The third kappa shape index (κ3) is 1.21. The van der Waals surface area contributed by atoms with Gasteiger partial charge in [0.15, 0.2) is 0 Å². The lowest BCUT2D eigenvalue weighted by molar-refractivity contribution is 1.12. The molecule has 0 saturated heterocycles. The number of anilines is 1. The summed E-state index contributed by atoms with van der Waals surface area (Å²) in [4.78, 5) is 0. The van der Waals surface area contributed by atoms with Crippen LogP contribution in [0.15, 0.2) is 42.5 Å². The Morgan fingerprint density at radius 1 is 0.800 bits per heavy atom. The summed E-state index contributed by atoms with van der Waals surface area (Å²) in [6, 6.07) is 13.6. The van der Waals surface area contributed by atoms with Gasteiger partial charge < -0.3 is 5.73 Å². The fourth-order valence-electron chi connectivity index (χ4n) is 1.75. The summed E-state index contributed by atoms with van der Waals surface area (Å²) in [5.74, 6) is 0. The normalized spacial score (nSPS) is 10.9. The Morgan fingerprint density at radius 2 is 1.53 bits per heavy atom. The molecule has 0 atom stereocenters. The third-order valence-electron chi connectivity index (χ3n) is 2.48. The Morgan fingerprint density at radius 3 is 2.40 bits per heavy atom. The van der Waals surface area contributed by atoms with Crippen molar-refractivity contribution in [3.8, 4) is 0 Å². The van der Waals surface area contributed by atoms with Gasteiger partial charge in [-0.15, -0.1) is 10.2 Å². The van der Waals surface area contributed by atoms with Gasteiger partial charge in [-0.2, -0.15) is 0 Å². The molecular formula is C12H9N3. The van der Waals surface area contributed by atoms with Crippen molar-refractivity contribution in [3.63, 3.8) is 0 Å². The fourth-order valence-corrected chi connectivity index (χ4v) is 1.75. The summed E-state index contributed by atoms with van der Waals surface area (Å²) in [7, 11) is 0. The number of nitrogens with two attached hydrogens (primary N) is 1. The average molecular weight is 195 g/mol. The van der Waals surface area contributed by atoms with E-state index in [1.54, 1.807) is 0 Å². The SMILES string of the molecule is Nc1ccc2nnc3ccccc3c2c1. The highest BCUT2D eigenvalue weighted by atomic mass is 15.1. The maximum Gasteiger partial charge on any atom is 0.0937 e. The topological polar surface area (TPSA) is 51.8 Å². The van der Waals surface area contributed by atoms with E-state index >= 15 is 0 Å². The van der Waals surface area contributed by atoms with Crippen LogP contribution in [-0.4, -0.2) is 10.2 Å². The van der Waals surface area contributed by atoms with Crippen LogP contribution < -0.4 is 5.73 Å². The summed E-state index contributed by atoms with van der Waals surface area (Å²) in [6.07, 6.45) is 0. The predicted molar refractivity (Wildman–Crippen MR) is 61.5 cm³/mol. The van der Waals surface area contributed by atoms with Crippen LogP contribution in [0.25, 0.3) is 21.8 Å². The van der Waals surface area contributed by atoms with Gasteiger partial charge in [-0.25, -0.2) is 0 Å². The van der Waals surface area contributed by atoms with Crippen molar-refractivity contribution >= 4 is 27.5 Å². The highest BCUT2D eigenvalue weighted by Crippen LogP contribution is 2.23. The summed E-state index contributed by atoms with van der Waals surface area (Å²) in [5.41, 5.74) is 8.29. The van der Waals surface area contributed by atoms with Gasteiger partial charge in [-0.05, 0) is 24.3 Å². The van der Waals surface area contributed by atoms with Crippen LogP contribution in [0.1, 0.15) is 0 Å². The van der Waals surface area contributed by atoms with Crippen molar-refractivity contribution < 1.29 is 0 Å². The van der Waals surface area contributed by atoms with Crippen LogP contribution in [0, 0.1) is 0 Å². The Kier molecular flexibility index (Phi) is 1.59. The van der Waals surface area contributed by atoms with Gasteiger partial charge in [0.1, 0.15) is 0 Å². The van der Waals surface area contributed by atoms with Crippen molar-refractivity contribution in [2.24, 2.45) is 0 Å². The molecule has 0 unspecified atom stereocenters. The van der Waals surface area contributed by atoms with Crippen molar-refractivity contribution in [2.45, 2.75) is 0 Å². The molecule has 0 saturated carbocycles. The quantitative estimate of drug-likeness (QED) is 0.442. The highest BCUT2D eigenvalue weighted by Gasteiger charge is 2.02. The van der Waals surface area contributed by atoms with E-state index in [0.29, 0.717) is 0 Å². The molecule has 3 rings (SSSR count). The van der Waals surface area contributed by atoms with Gasteiger partial charge in [-0.3, -0.25) is 0 Å². The zero-order valence-corrected chi connectivity index (χ0v) is 8.01. The Hall–Kier alpha value is -2.16. The minimum Gasteiger partial charge on any atom is -0.399 e. The fraction of sp³-hybridized carbons (Fsp3) is 0. The molecule has 0 bridgehead atoms. The van der Waals surface area contributed by atoms with Crippen molar-refractivity contribution in [3.05, 3.63) is 42.5 Å². The van der Waals surface area contributed by atoms with Crippen molar-refractivity contribution in [1.29, 1.82) is 0 Å². The molecule has 1 heterocycles. The van der Waals surface area contributed by atoms with Crippen LogP contribution in [-0.2, 0) is 0 Å². The third-order valence-corrected chi connectivity index (χ3v) is 2.48. The molecule has 1 aromatic heterocycles. The lowest BCUT2D eigenvalue weighted by atomic mass is 10.1. The van der Waals surface area contributed by atoms with E-state index in [1.807, 2.05) is 42.5 Å². The molecule has 0 aliphatic rings. The van der Waals surface area contributed by atoms with Crippen LogP contribution in [0.3, 0.4) is 0 Å². The van der Waals surface area contributed by atoms with E-state index in [2.05, 4.69) is 10.2 Å². The number of rotatable bonds is 0. The summed E-state index contributed by atoms with van der Waals surface area (Å²) in [6.45, 7) is 0. The molecular weight excluding hydrogens is 186 g/mol. The average Bonchev–Trinajstić information content (AvgIpc) is 2.29. The van der Waals surface area contributed by atoms with Gasteiger partial charge in [-0.1, -0.05) is 18.2 Å². The summed E-state index contributed by atoms with van der Waals surface area (Å²) < 4.78 is 0. The molecule has 0 fully saturated rings. The van der Waals surface area contributed by atoms with Crippen LogP contribution >= 0.6 is 0 Å². The molecule has 0 amide bonds. The number of benzene rings is 2. The molecule has 0 aliphatic carbocycles. The van der Waals surface area contributed by atoms with Crippen molar-refractivity contribution in [2.75, 3.05) is 5.73 Å². The van der Waals surface area contributed by atoms with Crippen LogP contribution in [0.4, 0.5) is 5.69 Å². The molecule has 2 N–H and O–H groups in total. The second-order valence-corrected chi connectivity index (χ2v) is 3.49. The van der Waals surface area contributed by atoms with E-state index in [1.165, 1.54) is 0 Å². The molecule has 0 aliphatic heterocycles. The minimum atomic E-state index is 0.751. The number of hydrogen-bond donors (Lipinski definition) is 1. The first-order chi connectivity index (χ1) is 7.34. The molecule has 2 aromatic carbocycles.